The van der Waals surface area contributed by atoms with E-state index in [1.165, 1.54) is 17.2 Å². The molecule has 1 aromatic heterocycles. The Morgan fingerprint density at radius 2 is 1.95 bits per heavy atom. The number of rotatable bonds is 4. The molecule has 0 saturated heterocycles. The molecule has 0 aliphatic heterocycles. The quantitative estimate of drug-likeness (QED) is 0.907. The van der Waals surface area contributed by atoms with Crippen LogP contribution < -0.4 is 4.90 Å². The van der Waals surface area contributed by atoms with Crippen molar-refractivity contribution in [3.05, 3.63) is 24.0 Å². The van der Waals surface area contributed by atoms with Crippen molar-refractivity contribution in [1.29, 1.82) is 0 Å². The number of pyridine rings is 1. The first-order chi connectivity index (χ1) is 8.70. The molecule has 0 aliphatic rings. The first-order valence-corrected chi connectivity index (χ1v) is 6.16. The highest BCUT2D eigenvalue weighted by Gasteiger charge is 2.17. The van der Waals surface area contributed by atoms with Gasteiger partial charge in [-0.05, 0) is 24.0 Å². The van der Waals surface area contributed by atoms with Crippen LogP contribution in [0, 0.1) is 5.41 Å². The summed E-state index contributed by atoms with van der Waals surface area (Å²) >= 11 is 0. The Balaban J connectivity index is 2.69. The van der Waals surface area contributed by atoms with Gasteiger partial charge in [-0.3, -0.25) is 4.79 Å². The molecule has 1 aromatic rings. The molecule has 0 fully saturated rings. The molecule has 104 valence electrons. The zero-order valence-corrected chi connectivity index (χ0v) is 11.8. The molecule has 0 bridgehead atoms. The summed E-state index contributed by atoms with van der Waals surface area (Å²) in [5.74, 6) is -1.08. The van der Waals surface area contributed by atoms with Crippen LogP contribution in [0.4, 0.5) is 5.69 Å². The van der Waals surface area contributed by atoms with Gasteiger partial charge in [-0.2, -0.15) is 0 Å². The molecule has 0 unspecified atom stereocenters. The predicted octanol–water partition coefficient (Wildman–Crippen LogP) is 2.57. The maximum atomic E-state index is 12.0. The van der Waals surface area contributed by atoms with Gasteiger partial charge in [0, 0.05) is 13.5 Å². The fourth-order valence-electron chi connectivity index (χ4n) is 1.50. The second kappa shape index (κ2) is 5.82. The predicted molar refractivity (Wildman–Crippen MR) is 73.3 cm³/mol. The Bertz CT molecular complexity index is 461. The molecule has 1 N–H and O–H groups in total. The second-order valence-electron chi connectivity index (χ2n) is 5.72. The number of carbonyl (C=O) groups is 2. The highest BCUT2D eigenvalue weighted by Crippen LogP contribution is 2.22. The highest BCUT2D eigenvalue weighted by molar-refractivity contribution is 5.93. The van der Waals surface area contributed by atoms with Crippen molar-refractivity contribution in [2.75, 3.05) is 11.9 Å². The maximum Gasteiger partial charge on any atom is 0.354 e. The Labute approximate surface area is 113 Å². The van der Waals surface area contributed by atoms with Gasteiger partial charge < -0.3 is 10.0 Å². The normalized spacial score (nSPS) is 11.2. The first kappa shape index (κ1) is 15.1. The lowest BCUT2D eigenvalue weighted by Gasteiger charge is -2.21. The average Bonchev–Trinajstić information content (AvgIpc) is 2.34. The molecule has 1 heterocycles. The van der Waals surface area contributed by atoms with E-state index in [-0.39, 0.29) is 17.0 Å². The Morgan fingerprint density at radius 3 is 2.37 bits per heavy atom. The van der Waals surface area contributed by atoms with Crippen LogP contribution >= 0.6 is 0 Å². The molecular weight excluding hydrogens is 244 g/mol. The lowest BCUT2D eigenvalue weighted by molar-refractivity contribution is -0.118. The number of carbonyl (C=O) groups excluding carboxylic acids is 1. The topological polar surface area (TPSA) is 70.5 Å². The van der Waals surface area contributed by atoms with Crippen molar-refractivity contribution in [3.8, 4) is 0 Å². The first-order valence-electron chi connectivity index (χ1n) is 6.16. The molecule has 5 heteroatoms. The molecular formula is C14H20N2O3. The number of aromatic nitrogens is 1. The van der Waals surface area contributed by atoms with E-state index in [4.69, 9.17) is 5.11 Å². The van der Waals surface area contributed by atoms with Crippen LogP contribution in [0.25, 0.3) is 0 Å². The van der Waals surface area contributed by atoms with E-state index in [2.05, 4.69) is 25.8 Å². The second-order valence-corrected chi connectivity index (χ2v) is 5.72. The summed E-state index contributed by atoms with van der Waals surface area (Å²) in [5.41, 5.74) is 0.685. The number of hydrogen-bond donors (Lipinski definition) is 1. The van der Waals surface area contributed by atoms with E-state index < -0.39 is 5.97 Å². The summed E-state index contributed by atoms with van der Waals surface area (Å²) in [4.78, 5) is 28.0. The summed E-state index contributed by atoms with van der Waals surface area (Å²) in [6, 6.07) is 2.98. The molecule has 0 radical (unpaired) electrons. The summed E-state index contributed by atoms with van der Waals surface area (Å²) < 4.78 is 0. The number of nitrogens with zero attached hydrogens (tertiary/aromatic N) is 2. The largest absolute Gasteiger partial charge is 0.477 e. The number of carboxylic acids is 1. The van der Waals surface area contributed by atoms with Crippen molar-refractivity contribution < 1.29 is 14.7 Å². The third kappa shape index (κ3) is 4.69. The van der Waals surface area contributed by atoms with Gasteiger partial charge in [-0.15, -0.1) is 0 Å². The molecule has 0 aliphatic carbocycles. The summed E-state index contributed by atoms with van der Waals surface area (Å²) in [7, 11) is 1.67. The van der Waals surface area contributed by atoms with Crippen LogP contribution in [0.3, 0.4) is 0 Å². The third-order valence-corrected chi connectivity index (χ3v) is 2.82. The fourth-order valence-corrected chi connectivity index (χ4v) is 1.50. The lowest BCUT2D eigenvalue weighted by atomic mass is 9.90. The van der Waals surface area contributed by atoms with Crippen LogP contribution in [0.2, 0.25) is 0 Å². The Hall–Kier alpha value is -1.91. The zero-order chi connectivity index (χ0) is 14.6. The minimum absolute atomic E-state index is 0.000185. The standard InChI is InChI=1S/C14H20N2O3/c1-14(2,3)8-7-12(17)16(4)10-5-6-11(13(18)19)15-9-10/h5-6,9H,7-8H2,1-4H3,(H,18,19). The molecule has 5 nitrogen and oxygen atoms in total. The van der Waals surface area contributed by atoms with Crippen molar-refractivity contribution in [2.24, 2.45) is 5.41 Å². The van der Waals surface area contributed by atoms with Crippen LogP contribution in [0.5, 0.6) is 0 Å². The van der Waals surface area contributed by atoms with Crippen LogP contribution in [-0.4, -0.2) is 29.0 Å². The average molecular weight is 264 g/mol. The van der Waals surface area contributed by atoms with Gasteiger partial charge in [0.2, 0.25) is 5.91 Å². The van der Waals surface area contributed by atoms with E-state index in [0.717, 1.165) is 6.42 Å². The number of hydrogen-bond acceptors (Lipinski definition) is 3. The molecule has 0 saturated carbocycles. The van der Waals surface area contributed by atoms with E-state index in [0.29, 0.717) is 12.1 Å². The molecule has 19 heavy (non-hydrogen) atoms. The Morgan fingerprint density at radius 1 is 1.32 bits per heavy atom. The maximum absolute atomic E-state index is 12.0. The van der Waals surface area contributed by atoms with Crippen molar-refractivity contribution in [1.82, 2.24) is 4.98 Å². The van der Waals surface area contributed by atoms with Gasteiger partial charge >= 0.3 is 5.97 Å². The SMILES string of the molecule is CN(C(=O)CCC(C)(C)C)c1ccc(C(=O)O)nc1. The molecule has 1 rings (SSSR count). The fraction of sp³-hybridized carbons (Fsp3) is 0.500. The minimum Gasteiger partial charge on any atom is -0.477 e. The number of aromatic carboxylic acids is 1. The number of carboxylic acid groups (broad SMARTS) is 1. The smallest absolute Gasteiger partial charge is 0.354 e. The summed E-state index contributed by atoms with van der Waals surface area (Å²) in [6.07, 6.45) is 2.66. The number of amides is 1. The van der Waals surface area contributed by atoms with Gasteiger partial charge in [0.05, 0.1) is 11.9 Å². The van der Waals surface area contributed by atoms with Gasteiger partial charge in [-0.1, -0.05) is 20.8 Å². The lowest BCUT2D eigenvalue weighted by Crippen LogP contribution is -2.27. The van der Waals surface area contributed by atoms with Crippen LogP contribution in [0.1, 0.15) is 44.1 Å². The van der Waals surface area contributed by atoms with Crippen molar-refractivity contribution >= 4 is 17.6 Å². The molecule has 0 atom stereocenters. The van der Waals surface area contributed by atoms with Crippen molar-refractivity contribution in [2.45, 2.75) is 33.6 Å². The van der Waals surface area contributed by atoms with Crippen LogP contribution in [0.15, 0.2) is 18.3 Å². The van der Waals surface area contributed by atoms with E-state index in [1.54, 1.807) is 13.1 Å². The third-order valence-electron chi connectivity index (χ3n) is 2.82. The van der Waals surface area contributed by atoms with Gasteiger partial charge in [0.1, 0.15) is 5.69 Å². The zero-order valence-electron chi connectivity index (χ0n) is 11.8. The van der Waals surface area contributed by atoms with E-state index in [9.17, 15) is 9.59 Å². The van der Waals surface area contributed by atoms with E-state index >= 15 is 0 Å². The van der Waals surface area contributed by atoms with Crippen LogP contribution in [-0.2, 0) is 4.79 Å². The Kier molecular flexibility index (Phi) is 4.64. The minimum atomic E-state index is -1.08. The van der Waals surface area contributed by atoms with Crippen molar-refractivity contribution in [3.63, 3.8) is 0 Å². The molecule has 1 amide bonds. The highest BCUT2D eigenvalue weighted by atomic mass is 16.4. The van der Waals surface area contributed by atoms with Gasteiger partial charge in [0.15, 0.2) is 0 Å². The summed E-state index contributed by atoms with van der Waals surface area (Å²) in [5, 5.41) is 8.75. The number of anilines is 1. The molecule has 0 spiro atoms. The monoisotopic (exact) mass is 264 g/mol. The summed E-state index contributed by atoms with van der Waals surface area (Å²) in [6.45, 7) is 6.26. The molecule has 0 aromatic carbocycles. The van der Waals surface area contributed by atoms with E-state index in [1.807, 2.05) is 0 Å². The van der Waals surface area contributed by atoms with Gasteiger partial charge in [-0.25, -0.2) is 9.78 Å². The van der Waals surface area contributed by atoms with Gasteiger partial charge in [0.25, 0.3) is 0 Å².